The summed E-state index contributed by atoms with van der Waals surface area (Å²) < 4.78 is 0. The molecule has 0 saturated heterocycles. The molecule has 4 rings (SSSR count). The van der Waals surface area contributed by atoms with Crippen molar-refractivity contribution in [2.24, 2.45) is 0 Å². The predicted octanol–water partition coefficient (Wildman–Crippen LogP) is 3.92. The van der Waals surface area contributed by atoms with E-state index in [-0.39, 0.29) is 6.03 Å². The van der Waals surface area contributed by atoms with Crippen LogP contribution < -0.4 is 10.6 Å². The van der Waals surface area contributed by atoms with Crippen molar-refractivity contribution in [3.63, 3.8) is 0 Å². The van der Waals surface area contributed by atoms with Crippen molar-refractivity contribution in [3.8, 4) is 11.1 Å². The Bertz CT molecular complexity index is 1060. The third-order valence-electron chi connectivity index (χ3n) is 3.99. The van der Waals surface area contributed by atoms with Crippen LogP contribution in [0.4, 0.5) is 10.7 Å². The Kier molecular flexibility index (Phi) is 3.78. The van der Waals surface area contributed by atoms with Gasteiger partial charge in [-0.3, -0.25) is 10.3 Å². The van der Waals surface area contributed by atoms with Crippen molar-refractivity contribution in [1.29, 1.82) is 0 Å². The minimum Gasteiger partial charge on any atom is -0.338 e. The molecule has 0 aliphatic heterocycles. The number of para-hydroxylation sites is 1. The van der Waals surface area contributed by atoms with Gasteiger partial charge >= 0.3 is 6.03 Å². The van der Waals surface area contributed by atoms with Crippen LogP contribution in [0.3, 0.4) is 0 Å². The van der Waals surface area contributed by atoms with E-state index in [4.69, 9.17) is 0 Å². The first kappa shape index (κ1) is 15.1. The standard InChI is InChI=1S/C19H17N5O/c1-2-20-19(25)24-18-22-15-9-8-13(11-16(15)23-18)14-7-3-5-12-6-4-10-21-17(12)14/h3-11H,2H2,1H3,(H3,20,22,23,24,25). The van der Waals surface area contributed by atoms with Crippen LogP contribution in [0.25, 0.3) is 33.1 Å². The molecule has 0 radical (unpaired) electrons. The first-order valence-electron chi connectivity index (χ1n) is 8.13. The summed E-state index contributed by atoms with van der Waals surface area (Å²) in [5.74, 6) is 0.425. The molecule has 2 amide bonds. The normalized spacial score (nSPS) is 10.9. The maximum atomic E-state index is 11.6. The zero-order valence-corrected chi connectivity index (χ0v) is 13.7. The molecule has 0 unspecified atom stereocenters. The lowest BCUT2D eigenvalue weighted by atomic mass is 10.0. The van der Waals surface area contributed by atoms with Gasteiger partial charge in [-0.1, -0.05) is 30.3 Å². The first-order chi connectivity index (χ1) is 12.2. The summed E-state index contributed by atoms with van der Waals surface area (Å²) in [4.78, 5) is 23.7. The molecule has 0 aliphatic rings. The number of hydrogen-bond acceptors (Lipinski definition) is 3. The molecule has 2 heterocycles. The van der Waals surface area contributed by atoms with E-state index in [0.29, 0.717) is 12.5 Å². The van der Waals surface area contributed by atoms with Crippen LogP contribution in [0.2, 0.25) is 0 Å². The SMILES string of the molecule is CCNC(=O)Nc1nc2ccc(-c3cccc4cccnc34)cc2[nH]1. The number of carbonyl (C=O) groups excluding carboxylic acids is 1. The molecule has 124 valence electrons. The molecule has 2 aromatic heterocycles. The largest absolute Gasteiger partial charge is 0.338 e. The molecular formula is C19H17N5O. The molecule has 0 atom stereocenters. The lowest BCUT2D eigenvalue weighted by molar-refractivity contribution is 0.252. The lowest BCUT2D eigenvalue weighted by Crippen LogP contribution is -2.28. The highest BCUT2D eigenvalue weighted by Crippen LogP contribution is 2.29. The monoisotopic (exact) mass is 331 g/mol. The number of rotatable bonds is 3. The maximum absolute atomic E-state index is 11.6. The molecule has 0 aliphatic carbocycles. The number of nitrogens with zero attached hydrogens (tertiary/aromatic N) is 2. The van der Waals surface area contributed by atoms with Gasteiger partial charge in [-0.25, -0.2) is 9.78 Å². The average molecular weight is 331 g/mol. The number of anilines is 1. The van der Waals surface area contributed by atoms with E-state index in [1.54, 1.807) is 6.20 Å². The molecule has 3 N–H and O–H groups in total. The number of nitrogens with one attached hydrogen (secondary N) is 3. The average Bonchev–Trinajstić information content (AvgIpc) is 3.02. The second-order valence-electron chi connectivity index (χ2n) is 5.68. The van der Waals surface area contributed by atoms with Gasteiger partial charge in [-0.2, -0.15) is 0 Å². The fourth-order valence-electron chi connectivity index (χ4n) is 2.89. The van der Waals surface area contributed by atoms with E-state index >= 15 is 0 Å². The van der Waals surface area contributed by atoms with Crippen LogP contribution in [0.5, 0.6) is 0 Å². The minimum atomic E-state index is -0.278. The Hall–Kier alpha value is -3.41. The van der Waals surface area contributed by atoms with Crippen molar-refractivity contribution in [1.82, 2.24) is 20.3 Å². The van der Waals surface area contributed by atoms with Gasteiger partial charge in [0.05, 0.1) is 16.6 Å². The number of urea groups is 1. The van der Waals surface area contributed by atoms with Crippen LogP contribution >= 0.6 is 0 Å². The highest BCUT2D eigenvalue weighted by atomic mass is 16.2. The Morgan fingerprint density at radius 3 is 2.92 bits per heavy atom. The number of aromatic amines is 1. The van der Waals surface area contributed by atoms with Gasteiger partial charge in [0.25, 0.3) is 0 Å². The van der Waals surface area contributed by atoms with E-state index in [0.717, 1.165) is 33.1 Å². The van der Waals surface area contributed by atoms with Crippen molar-refractivity contribution in [2.75, 3.05) is 11.9 Å². The number of amides is 2. The minimum absolute atomic E-state index is 0.278. The Morgan fingerprint density at radius 2 is 2.04 bits per heavy atom. The summed E-state index contributed by atoms with van der Waals surface area (Å²) >= 11 is 0. The molecule has 0 saturated carbocycles. The smallest absolute Gasteiger partial charge is 0.321 e. The van der Waals surface area contributed by atoms with E-state index in [1.165, 1.54) is 0 Å². The highest BCUT2D eigenvalue weighted by Gasteiger charge is 2.09. The van der Waals surface area contributed by atoms with Gasteiger partial charge in [0.15, 0.2) is 0 Å². The summed E-state index contributed by atoms with van der Waals surface area (Å²) in [5.41, 5.74) is 4.73. The summed E-state index contributed by atoms with van der Waals surface area (Å²) in [6, 6.07) is 15.8. The van der Waals surface area contributed by atoms with Crippen LogP contribution in [-0.4, -0.2) is 27.5 Å². The summed E-state index contributed by atoms with van der Waals surface area (Å²) in [7, 11) is 0. The molecule has 6 heteroatoms. The zero-order chi connectivity index (χ0) is 17.2. The molecular weight excluding hydrogens is 314 g/mol. The van der Waals surface area contributed by atoms with Crippen molar-refractivity contribution in [2.45, 2.75) is 6.92 Å². The molecule has 0 fully saturated rings. The van der Waals surface area contributed by atoms with Crippen LogP contribution in [-0.2, 0) is 0 Å². The molecule has 4 aromatic rings. The van der Waals surface area contributed by atoms with Crippen LogP contribution in [0.15, 0.2) is 54.7 Å². The van der Waals surface area contributed by atoms with E-state index < -0.39 is 0 Å². The first-order valence-corrected chi connectivity index (χ1v) is 8.13. The quantitative estimate of drug-likeness (QED) is 0.532. The predicted molar refractivity (Wildman–Crippen MR) is 99.5 cm³/mol. The third kappa shape index (κ3) is 2.89. The van der Waals surface area contributed by atoms with E-state index in [2.05, 4.69) is 43.8 Å². The van der Waals surface area contributed by atoms with Crippen molar-refractivity contribution in [3.05, 3.63) is 54.7 Å². The second kappa shape index (κ2) is 6.24. The molecule has 25 heavy (non-hydrogen) atoms. The number of aromatic nitrogens is 3. The van der Waals surface area contributed by atoms with E-state index in [9.17, 15) is 4.79 Å². The fraction of sp³-hybridized carbons (Fsp3) is 0.105. The van der Waals surface area contributed by atoms with E-state index in [1.807, 2.05) is 37.3 Å². The van der Waals surface area contributed by atoms with Gasteiger partial charge < -0.3 is 10.3 Å². The summed E-state index contributed by atoms with van der Waals surface area (Å²) in [6.45, 7) is 2.42. The molecule has 2 aromatic carbocycles. The van der Waals surface area contributed by atoms with Gasteiger partial charge in [0.2, 0.25) is 5.95 Å². The number of benzene rings is 2. The Labute approximate surface area is 144 Å². The topological polar surface area (TPSA) is 82.7 Å². The van der Waals surface area contributed by atoms with Gasteiger partial charge in [0, 0.05) is 23.7 Å². The second-order valence-corrected chi connectivity index (χ2v) is 5.68. The Balaban J connectivity index is 1.75. The van der Waals surface area contributed by atoms with Gasteiger partial charge in [-0.15, -0.1) is 0 Å². The summed E-state index contributed by atoms with van der Waals surface area (Å²) in [5, 5.41) is 6.47. The van der Waals surface area contributed by atoms with Gasteiger partial charge in [0.1, 0.15) is 0 Å². The Morgan fingerprint density at radius 1 is 1.16 bits per heavy atom. The summed E-state index contributed by atoms with van der Waals surface area (Å²) in [6.07, 6.45) is 1.80. The number of carbonyl (C=O) groups is 1. The van der Waals surface area contributed by atoms with Crippen LogP contribution in [0.1, 0.15) is 6.92 Å². The van der Waals surface area contributed by atoms with Crippen molar-refractivity contribution >= 4 is 33.9 Å². The zero-order valence-electron chi connectivity index (χ0n) is 13.7. The van der Waals surface area contributed by atoms with Crippen molar-refractivity contribution < 1.29 is 4.79 Å². The molecule has 6 nitrogen and oxygen atoms in total. The fourth-order valence-corrected chi connectivity index (χ4v) is 2.89. The number of pyridine rings is 1. The number of hydrogen-bond donors (Lipinski definition) is 3. The molecule has 0 bridgehead atoms. The third-order valence-corrected chi connectivity index (χ3v) is 3.99. The van der Waals surface area contributed by atoms with Gasteiger partial charge in [-0.05, 0) is 30.7 Å². The molecule has 0 spiro atoms. The number of H-pyrrole nitrogens is 1. The lowest BCUT2D eigenvalue weighted by Gasteiger charge is -2.05. The highest BCUT2D eigenvalue weighted by molar-refractivity contribution is 5.96. The maximum Gasteiger partial charge on any atom is 0.321 e. The number of fused-ring (bicyclic) bond motifs is 2. The van der Waals surface area contributed by atoms with Crippen LogP contribution in [0, 0.1) is 0 Å². The number of imidazole rings is 1.